The molecule has 1 heteroatoms. The van der Waals surface area contributed by atoms with Crippen LogP contribution in [0.1, 0.15) is 71.1 Å². The van der Waals surface area contributed by atoms with Gasteiger partial charge >= 0.3 is 0 Å². The zero-order valence-corrected chi connectivity index (χ0v) is 18.0. The highest BCUT2D eigenvalue weighted by molar-refractivity contribution is 5.73. The van der Waals surface area contributed by atoms with Crippen molar-refractivity contribution < 1.29 is 4.57 Å². The van der Waals surface area contributed by atoms with Crippen LogP contribution >= 0.6 is 0 Å². The lowest BCUT2D eigenvalue weighted by molar-refractivity contribution is -0.660. The van der Waals surface area contributed by atoms with Gasteiger partial charge in [0, 0.05) is 17.5 Å². The molecule has 2 aliphatic carbocycles. The number of nitrogens with zero attached hydrogens (tertiary/aromatic N) is 1. The van der Waals surface area contributed by atoms with Crippen LogP contribution < -0.4 is 4.57 Å². The van der Waals surface area contributed by atoms with E-state index in [0.29, 0.717) is 5.92 Å². The first kappa shape index (κ1) is 17.8. The molecule has 138 valence electrons. The van der Waals surface area contributed by atoms with E-state index in [4.69, 9.17) is 0 Å². The lowest BCUT2D eigenvalue weighted by Gasteiger charge is -2.52. The molecule has 2 unspecified atom stereocenters. The van der Waals surface area contributed by atoms with Gasteiger partial charge in [-0.05, 0) is 51.8 Å². The molecule has 0 amide bonds. The highest BCUT2D eigenvalue weighted by Crippen LogP contribution is 2.81. The standard InChI is InChI=1S/C25H34N/c1-16-13-14-17-20(19(16)18-12-10-11-15-26(18)9)21-22(2,3)24(6,7)25(17,8)23(21,4)5/h10-15,21H,1-9H3/q+1. The summed E-state index contributed by atoms with van der Waals surface area (Å²) in [5.74, 6) is 0.556. The van der Waals surface area contributed by atoms with Gasteiger partial charge in [-0.1, -0.05) is 60.6 Å². The van der Waals surface area contributed by atoms with Gasteiger partial charge in [0.1, 0.15) is 7.05 Å². The summed E-state index contributed by atoms with van der Waals surface area (Å²) in [6.07, 6.45) is 2.17. The number of rotatable bonds is 1. The van der Waals surface area contributed by atoms with E-state index in [-0.39, 0.29) is 21.7 Å². The van der Waals surface area contributed by atoms with Crippen molar-refractivity contribution >= 4 is 0 Å². The van der Waals surface area contributed by atoms with Gasteiger partial charge < -0.3 is 0 Å². The van der Waals surface area contributed by atoms with E-state index in [1.807, 2.05) is 0 Å². The Hall–Kier alpha value is -1.63. The zero-order chi connectivity index (χ0) is 19.3. The predicted octanol–water partition coefficient (Wildman–Crippen LogP) is 5.93. The highest BCUT2D eigenvalue weighted by Gasteiger charge is 2.75. The molecule has 26 heavy (non-hydrogen) atoms. The Morgan fingerprint density at radius 3 is 2.12 bits per heavy atom. The smallest absolute Gasteiger partial charge is 0.201 e. The van der Waals surface area contributed by atoms with Gasteiger partial charge in [0.25, 0.3) is 0 Å². The molecule has 1 nitrogen and oxygen atoms in total. The highest BCUT2D eigenvalue weighted by atomic mass is 14.9. The largest absolute Gasteiger partial charge is 0.212 e. The Kier molecular flexibility index (Phi) is 3.28. The second-order valence-electron chi connectivity index (χ2n) is 10.5. The predicted molar refractivity (Wildman–Crippen MR) is 109 cm³/mol. The minimum Gasteiger partial charge on any atom is -0.201 e. The van der Waals surface area contributed by atoms with E-state index in [9.17, 15) is 0 Å². The van der Waals surface area contributed by atoms with Crippen molar-refractivity contribution in [1.29, 1.82) is 0 Å². The molecule has 0 saturated heterocycles. The quantitative estimate of drug-likeness (QED) is 0.562. The lowest BCUT2D eigenvalue weighted by Crippen LogP contribution is -2.47. The van der Waals surface area contributed by atoms with Gasteiger partial charge in [0.15, 0.2) is 6.20 Å². The fraction of sp³-hybridized carbons (Fsp3) is 0.560. The van der Waals surface area contributed by atoms with E-state index >= 15 is 0 Å². The summed E-state index contributed by atoms with van der Waals surface area (Å²) in [5, 5.41) is 0. The molecule has 0 radical (unpaired) electrons. The second-order valence-corrected chi connectivity index (χ2v) is 10.5. The van der Waals surface area contributed by atoms with Crippen LogP contribution in [0.25, 0.3) is 11.3 Å². The van der Waals surface area contributed by atoms with Crippen LogP contribution in [0.5, 0.6) is 0 Å². The third-order valence-corrected chi connectivity index (χ3v) is 9.19. The number of benzene rings is 1. The van der Waals surface area contributed by atoms with Crippen molar-refractivity contribution in [1.82, 2.24) is 0 Å². The Morgan fingerprint density at radius 1 is 0.846 bits per heavy atom. The molecule has 2 atom stereocenters. The van der Waals surface area contributed by atoms with Crippen molar-refractivity contribution in [2.45, 2.75) is 66.7 Å². The van der Waals surface area contributed by atoms with Gasteiger partial charge in [-0.25, -0.2) is 4.57 Å². The summed E-state index contributed by atoms with van der Waals surface area (Å²) in [7, 11) is 2.17. The zero-order valence-electron chi connectivity index (χ0n) is 18.0. The summed E-state index contributed by atoms with van der Waals surface area (Å²) in [4.78, 5) is 0. The summed E-state index contributed by atoms with van der Waals surface area (Å²) >= 11 is 0. The lowest BCUT2D eigenvalue weighted by atomic mass is 9.52. The van der Waals surface area contributed by atoms with E-state index in [1.165, 1.54) is 16.8 Å². The summed E-state index contributed by atoms with van der Waals surface area (Å²) in [5.41, 5.74) is 8.28. The van der Waals surface area contributed by atoms with E-state index in [1.54, 1.807) is 11.1 Å². The number of pyridine rings is 1. The number of fused-ring (bicyclic) bond motifs is 5. The third kappa shape index (κ3) is 1.62. The maximum atomic E-state index is 2.53. The van der Waals surface area contributed by atoms with Crippen molar-refractivity contribution in [3.05, 3.63) is 53.2 Å². The molecule has 0 N–H and O–H groups in total. The van der Waals surface area contributed by atoms with Crippen LogP contribution in [-0.2, 0) is 12.5 Å². The molecule has 1 aromatic carbocycles. The fourth-order valence-corrected chi connectivity index (χ4v) is 6.99. The Balaban J connectivity index is 2.15. The van der Waals surface area contributed by atoms with Gasteiger partial charge in [0.2, 0.25) is 5.69 Å². The Labute approximate surface area is 159 Å². The molecule has 2 aromatic rings. The SMILES string of the molecule is Cc1ccc2c(c1-c1cccc[n+]1C)C1C(C)(C)C(C)(C)C2(C)C1(C)C. The molecular formula is C25H34N+. The topological polar surface area (TPSA) is 3.88 Å². The van der Waals surface area contributed by atoms with Crippen LogP contribution in [0.15, 0.2) is 36.5 Å². The van der Waals surface area contributed by atoms with E-state index in [2.05, 4.69) is 104 Å². The average molecular weight is 349 g/mol. The molecule has 1 aromatic heterocycles. The number of hydrogen-bond donors (Lipinski definition) is 0. The van der Waals surface area contributed by atoms with Crippen molar-refractivity contribution in [3.63, 3.8) is 0 Å². The molecule has 0 aliphatic heterocycles. The Morgan fingerprint density at radius 2 is 1.50 bits per heavy atom. The molecule has 2 bridgehead atoms. The average Bonchev–Trinajstić information content (AvgIpc) is 2.77. The molecule has 1 saturated carbocycles. The Bertz CT molecular complexity index is 916. The van der Waals surface area contributed by atoms with Crippen LogP contribution in [0.4, 0.5) is 0 Å². The van der Waals surface area contributed by atoms with Gasteiger partial charge in [-0.3, -0.25) is 0 Å². The van der Waals surface area contributed by atoms with Gasteiger partial charge in [-0.15, -0.1) is 0 Å². The molecule has 1 fully saturated rings. The molecular weight excluding hydrogens is 314 g/mol. The fourth-order valence-electron chi connectivity index (χ4n) is 6.99. The van der Waals surface area contributed by atoms with Crippen LogP contribution in [0.2, 0.25) is 0 Å². The first-order chi connectivity index (χ1) is 11.9. The first-order valence-electron chi connectivity index (χ1n) is 9.99. The van der Waals surface area contributed by atoms with Gasteiger partial charge in [-0.2, -0.15) is 0 Å². The van der Waals surface area contributed by atoms with Crippen molar-refractivity contribution in [2.24, 2.45) is 23.3 Å². The van der Waals surface area contributed by atoms with E-state index in [0.717, 1.165) is 0 Å². The normalized spacial score (nSPS) is 29.7. The maximum Gasteiger partial charge on any atom is 0.212 e. The van der Waals surface area contributed by atoms with Crippen molar-refractivity contribution in [3.8, 4) is 11.3 Å². The summed E-state index contributed by atoms with van der Waals surface area (Å²) in [6.45, 7) is 19.8. The molecule has 1 heterocycles. The van der Waals surface area contributed by atoms with Gasteiger partial charge in [0.05, 0.1) is 5.56 Å². The molecule has 0 spiro atoms. The summed E-state index contributed by atoms with van der Waals surface area (Å²) in [6, 6.07) is 11.4. The number of hydrogen-bond acceptors (Lipinski definition) is 0. The number of aromatic nitrogens is 1. The second kappa shape index (κ2) is 4.80. The minimum atomic E-state index is 0.166. The molecule has 2 aliphatic rings. The van der Waals surface area contributed by atoms with E-state index < -0.39 is 0 Å². The van der Waals surface area contributed by atoms with Crippen molar-refractivity contribution in [2.75, 3.05) is 0 Å². The third-order valence-electron chi connectivity index (χ3n) is 9.19. The summed E-state index contributed by atoms with van der Waals surface area (Å²) < 4.78 is 2.28. The number of aryl methyl sites for hydroxylation is 2. The first-order valence-corrected chi connectivity index (χ1v) is 9.99. The molecule has 4 rings (SSSR count). The minimum absolute atomic E-state index is 0.166. The van der Waals surface area contributed by atoms with Crippen LogP contribution in [-0.4, -0.2) is 0 Å². The maximum absolute atomic E-state index is 2.53. The van der Waals surface area contributed by atoms with Crippen LogP contribution in [0.3, 0.4) is 0 Å². The van der Waals surface area contributed by atoms with Crippen LogP contribution in [0, 0.1) is 23.2 Å². The monoisotopic (exact) mass is 348 g/mol.